The monoisotopic (exact) mass is 259 g/mol. The van der Waals surface area contributed by atoms with Crippen LogP contribution in [0.1, 0.15) is 48.7 Å². The zero-order valence-corrected chi connectivity index (χ0v) is 11.4. The second-order valence-corrected chi connectivity index (χ2v) is 4.25. The van der Waals surface area contributed by atoms with Gasteiger partial charge in [-0.3, -0.25) is 4.79 Å². The summed E-state index contributed by atoms with van der Waals surface area (Å²) in [5.74, 6) is 5.48. The average molecular weight is 259 g/mol. The highest BCUT2D eigenvalue weighted by molar-refractivity contribution is 5.92. The van der Waals surface area contributed by atoms with Crippen molar-refractivity contribution in [3.05, 3.63) is 29.6 Å². The topological polar surface area (TPSA) is 68.0 Å². The first kappa shape index (κ1) is 15.2. The molecule has 102 valence electrons. The molecule has 3 N–H and O–H groups in total. The highest BCUT2D eigenvalue weighted by Crippen LogP contribution is 2.00. The molecule has 0 fully saturated rings. The van der Waals surface area contributed by atoms with Crippen LogP contribution in [0.2, 0.25) is 0 Å². The maximum absolute atomic E-state index is 11.8. The SMILES string of the molecule is CCCCCCNC(=O)c1ccc(C#CCN)cn1. The molecule has 0 radical (unpaired) electrons. The maximum Gasteiger partial charge on any atom is 0.269 e. The molecule has 0 atom stereocenters. The number of nitrogens with one attached hydrogen (secondary N) is 1. The van der Waals surface area contributed by atoms with Crippen molar-refractivity contribution in [2.24, 2.45) is 5.73 Å². The van der Waals surface area contributed by atoms with Gasteiger partial charge in [-0.2, -0.15) is 0 Å². The summed E-state index contributed by atoms with van der Waals surface area (Å²) in [5, 5.41) is 2.86. The zero-order valence-electron chi connectivity index (χ0n) is 11.4. The Morgan fingerprint density at radius 3 is 2.84 bits per heavy atom. The lowest BCUT2D eigenvalue weighted by atomic mass is 10.2. The second-order valence-electron chi connectivity index (χ2n) is 4.25. The summed E-state index contributed by atoms with van der Waals surface area (Å²) in [4.78, 5) is 15.9. The lowest BCUT2D eigenvalue weighted by molar-refractivity contribution is 0.0948. The van der Waals surface area contributed by atoms with Gasteiger partial charge in [-0.1, -0.05) is 38.0 Å². The fourth-order valence-corrected chi connectivity index (χ4v) is 1.60. The smallest absolute Gasteiger partial charge is 0.269 e. The molecule has 0 spiro atoms. The Hall–Kier alpha value is -1.86. The van der Waals surface area contributed by atoms with Gasteiger partial charge in [-0.05, 0) is 18.6 Å². The van der Waals surface area contributed by atoms with Crippen LogP contribution in [0.3, 0.4) is 0 Å². The van der Waals surface area contributed by atoms with E-state index >= 15 is 0 Å². The minimum atomic E-state index is -0.130. The van der Waals surface area contributed by atoms with Crippen molar-refractivity contribution in [2.45, 2.75) is 32.6 Å². The molecule has 0 unspecified atom stereocenters. The number of aromatic nitrogens is 1. The Balaban J connectivity index is 2.40. The molecule has 0 aliphatic carbocycles. The Morgan fingerprint density at radius 2 is 2.21 bits per heavy atom. The van der Waals surface area contributed by atoms with E-state index in [1.54, 1.807) is 18.3 Å². The van der Waals surface area contributed by atoms with Gasteiger partial charge in [-0.15, -0.1) is 0 Å². The van der Waals surface area contributed by atoms with Crippen LogP contribution >= 0.6 is 0 Å². The fourth-order valence-electron chi connectivity index (χ4n) is 1.60. The molecule has 1 aromatic heterocycles. The first-order valence-electron chi connectivity index (χ1n) is 6.71. The van der Waals surface area contributed by atoms with E-state index in [4.69, 9.17) is 5.73 Å². The molecule has 0 aliphatic heterocycles. The van der Waals surface area contributed by atoms with Crippen molar-refractivity contribution in [3.63, 3.8) is 0 Å². The standard InChI is InChI=1S/C15H21N3O/c1-2-3-4-5-11-17-15(19)14-9-8-13(12-18-14)7-6-10-16/h8-9,12H,2-5,10-11,16H2,1H3,(H,17,19). The average Bonchev–Trinajstić information content (AvgIpc) is 2.45. The number of rotatable bonds is 6. The quantitative estimate of drug-likeness (QED) is 0.603. The van der Waals surface area contributed by atoms with Gasteiger partial charge in [0.25, 0.3) is 5.91 Å². The summed E-state index contributed by atoms with van der Waals surface area (Å²) in [7, 11) is 0. The van der Waals surface area contributed by atoms with Crippen molar-refractivity contribution in [2.75, 3.05) is 13.1 Å². The summed E-state index contributed by atoms with van der Waals surface area (Å²) in [5.41, 5.74) is 6.48. The lowest BCUT2D eigenvalue weighted by Crippen LogP contribution is -2.25. The number of carbonyl (C=O) groups is 1. The highest BCUT2D eigenvalue weighted by Gasteiger charge is 2.05. The van der Waals surface area contributed by atoms with Gasteiger partial charge in [0.05, 0.1) is 6.54 Å². The van der Waals surface area contributed by atoms with E-state index in [0.717, 1.165) is 18.4 Å². The molecule has 1 rings (SSSR count). The fraction of sp³-hybridized carbons (Fsp3) is 0.467. The number of unbranched alkanes of at least 4 members (excludes halogenated alkanes) is 3. The molecule has 1 heterocycles. The van der Waals surface area contributed by atoms with Crippen LogP contribution in [0.4, 0.5) is 0 Å². The van der Waals surface area contributed by atoms with Gasteiger partial charge in [0, 0.05) is 18.3 Å². The van der Waals surface area contributed by atoms with Crippen molar-refractivity contribution in [1.29, 1.82) is 0 Å². The Kier molecular flexibility index (Phi) is 7.30. The molecule has 19 heavy (non-hydrogen) atoms. The predicted octanol–water partition coefficient (Wildman–Crippen LogP) is 1.70. The molecule has 1 amide bonds. The predicted molar refractivity (Wildman–Crippen MR) is 76.6 cm³/mol. The maximum atomic E-state index is 11.8. The molecule has 1 aromatic rings. The molecule has 0 aliphatic rings. The van der Waals surface area contributed by atoms with Crippen LogP contribution < -0.4 is 11.1 Å². The van der Waals surface area contributed by atoms with Crippen molar-refractivity contribution in [1.82, 2.24) is 10.3 Å². The van der Waals surface area contributed by atoms with Crippen LogP contribution in [-0.4, -0.2) is 24.0 Å². The highest BCUT2D eigenvalue weighted by atomic mass is 16.1. The van der Waals surface area contributed by atoms with Crippen LogP contribution in [0.15, 0.2) is 18.3 Å². The molecule has 0 saturated heterocycles. The number of carbonyl (C=O) groups excluding carboxylic acids is 1. The van der Waals surface area contributed by atoms with Gasteiger partial charge in [0.2, 0.25) is 0 Å². The van der Waals surface area contributed by atoms with Crippen LogP contribution in [0.25, 0.3) is 0 Å². The van der Waals surface area contributed by atoms with E-state index in [-0.39, 0.29) is 5.91 Å². The third-order valence-electron chi connectivity index (χ3n) is 2.65. The summed E-state index contributed by atoms with van der Waals surface area (Å²) in [6.45, 7) is 3.19. The first-order valence-corrected chi connectivity index (χ1v) is 6.71. The minimum Gasteiger partial charge on any atom is -0.351 e. The number of nitrogens with two attached hydrogens (primary N) is 1. The molecule has 4 heteroatoms. The number of pyridine rings is 1. The number of hydrogen-bond donors (Lipinski definition) is 2. The largest absolute Gasteiger partial charge is 0.351 e. The molecule has 0 aromatic carbocycles. The van der Waals surface area contributed by atoms with Gasteiger partial charge in [-0.25, -0.2) is 4.98 Å². The summed E-state index contributed by atoms with van der Waals surface area (Å²) in [6.07, 6.45) is 6.16. The van der Waals surface area contributed by atoms with E-state index in [1.807, 2.05) is 0 Å². The molecule has 4 nitrogen and oxygen atoms in total. The van der Waals surface area contributed by atoms with Crippen molar-refractivity contribution in [3.8, 4) is 11.8 Å². The van der Waals surface area contributed by atoms with Crippen LogP contribution in [0.5, 0.6) is 0 Å². The van der Waals surface area contributed by atoms with E-state index in [9.17, 15) is 4.79 Å². The second kappa shape index (κ2) is 9.12. The summed E-state index contributed by atoms with van der Waals surface area (Å²) >= 11 is 0. The van der Waals surface area contributed by atoms with Gasteiger partial charge < -0.3 is 11.1 Å². The van der Waals surface area contributed by atoms with E-state index in [0.29, 0.717) is 18.8 Å². The summed E-state index contributed by atoms with van der Waals surface area (Å²) in [6, 6.07) is 3.46. The van der Waals surface area contributed by atoms with Crippen LogP contribution in [-0.2, 0) is 0 Å². The van der Waals surface area contributed by atoms with E-state index in [1.165, 1.54) is 12.8 Å². The number of amides is 1. The number of nitrogens with zero attached hydrogens (tertiary/aromatic N) is 1. The Labute approximate surface area is 114 Å². The minimum absolute atomic E-state index is 0.130. The normalized spacial score (nSPS) is 9.58. The van der Waals surface area contributed by atoms with Gasteiger partial charge >= 0.3 is 0 Å². The first-order chi connectivity index (χ1) is 9.27. The Bertz CT molecular complexity index is 443. The molecule has 0 saturated carbocycles. The van der Waals surface area contributed by atoms with E-state index in [2.05, 4.69) is 29.1 Å². The van der Waals surface area contributed by atoms with Gasteiger partial charge in [0.1, 0.15) is 5.69 Å². The number of hydrogen-bond acceptors (Lipinski definition) is 3. The third-order valence-corrected chi connectivity index (χ3v) is 2.65. The summed E-state index contributed by atoms with van der Waals surface area (Å²) < 4.78 is 0. The molecular formula is C15H21N3O. The van der Waals surface area contributed by atoms with Crippen molar-refractivity contribution >= 4 is 5.91 Å². The lowest BCUT2D eigenvalue weighted by Gasteiger charge is -2.04. The van der Waals surface area contributed by atoms with Gasteiger partial charge in [0.15, 0.2) is 0 Å². The molecule has 0 bridgehead atoms. The Morgan fingerprint density at radius 1 is 1.37 bits per heavy atom. The third kappa shape index (κ3) is 6.03. The zero-order chi connectivity index (χ0) is 13.9. The van der Waals surface area contributed by atoms with Crippen molar-refractivity contribution < 1.29 is 4.79 Å². The molecular weight excluding hydrogens is 238 g/mol. The van der Waals surface area contributed by atoms with E-state index < -0.39 is 0 Å². The van der Waals surface area contributed by atoms with Crippen LogP contribution in [0, 0.1) is 11.8 Å².